The Balaban J connectivity index is 0.000000177. The van der Waals surface area contributed by atoms with Crippen molar-refractivity contribution in [1.82, 2.24) is 0 Å². The predicted octanol–water partition coefficient (Wildman–Crippen LogP) is 10.9. The van der Waals surface area contributed by atoms with E-state index in [1.807, 2.05) is 45.0 Å². The first-order chi connectivity index (χ1) is 20.4. The molecule has 3 atom stereocenters. The minimum atomic E-state index is -0.329. The number of esters is 2. The average Bonchev–Trinajstić information content (AvgIpc) is 3.58. The van der Waals surface area contributed by atoms with Gasteiger partial charge in [-0.25, -0.2) is 0 Å². The quantitative estimate of drug-likeness (QED) is 0.204. The van der Waals surface area contributed by atoms with Gasteiger partial charge in [0.15, 0.2) is 0 Å². The molecular formula is C39H54O4. The van der Waals surface area contributed by atoms with E-state index in [0.717, 1.165) is 32.1 Å². The van der Waals surface area contributed by atoms with Crippen LogP contribution < -0.4 is 4.74 Å². The van der Waals surface area contributed by atoms with E-state index in [4.69, 9.17) is 9.47 Å². The van der Waals surface area contributed by atoms with Gasteiger partial charge < -0.3 is 9.47 Å². The zero-order chi connectivity index (χ0) is 31.8. The fourth-order valence-electron chi connectivity index (χ4n) is 5.99. The van der Waals surface area contributed by atoms with Crippen molar-refractivity contribution in [1.29, 1.82) is 0 Å². The van der Waals surface area contributed by atoms with E-state index in [1.165, 1.54) is 47.2 Å². The Morgan fingerprint density at radius 3 is 1.86 bits per heavy atom. The van der Waals surface area contributed by atoms with Crippen LogP contribution in [-0.2, 0) is 14.3 Å². The van der Waals surface area contributed by atoms with Crippen molar-refractivity contribution < 1.29 is 19.1 Å². The first-order valence-corrected chi connectivity index (χ1v) is 16.4. The summed E-state index contributed by atoms with van der Waals surface area (Å²) in [6.07, 6.45) is 7.42. The van der Waals surface area contributed by atoms with Gasteiger partial charge in [-0.15, -0.1) is 0 Å². The lowest BCUT2D eigenvalue weighted by Gasteiger charge is -2.32. The number of ether oxygens (including phenoxy) is 2. The third-order valence-electron chi connectivity index (χ3n) is 9.93. The molecule has 0 N–H and O–H groups in total. The van der Waals surface area contributed by atoms with Gasteiger partial charge in [-0.05, 0) is 116 Å². The van der Waals surface area contributed by atoms with Gasteiger partial charge in [0.05, 0.1) is 5.41 Å². The molecule has 2 aliphatic carbocycles. The summed E-state index contributed by atoms with van der Waals surface area (Å²) in [5.74, 6) is 2.23. The topological polar surface area (TPSA) is 52.6 Å². The van der Waals surface area contributed by atoms with Crippen LogP contribution in [0.4, 0.5) is 0 Å². The van der Waals surface area contributed by atoms with Gasteiger partial charge in [-0.3, -0.25) is 9.59 Å². The summed E-state index contributed by atoms with van der Waals surface area (Å²) in [5, 5.41) is 2.91. The zero-order valence-corrected chi connectivity index (χ0v) is 28.1. The molecule has 43 heavy (non-hydrogen) atoms. The monoisotopic (exact) mass is 586 g/mol. The predicted molar refractivity (Wildman–Crippen MR) is 179 cm³/mol. The molecule has 234 valence electrons. The van der Waals surface area contributed by atoms with Crippen LogP contribution in [0, 0.1) is 5.41 Å². The SMILES string of the molecule is CC1c2cccc3cccc(c23)C1C.CCC(C)c1ccc(OC(C)=O)cc1.CCC1(OC(=O)C(C)(C)CC)CCCC1. The van der Waals surface area contributed by atoms with E-state index in [9.17, 15) is 9.59 Å². The Hall–Kier alpha value is -3.14. The van der Waals surface area contributed by atoms with Crippen molar-refractivity contribution in [2.24, 2.45) is 5.41 Å². The van der Waals surface area contributed by atoms with E-state index in [1.54, 1.807) is 0 Å². The standard InChI is InChI=1S/C14H14.C13H24O2.C12H16O2/c1-9-10(2)13-8-4-6-11-5-3-7-12(9)14(11)13;1-5-12(3,4)11(14)15-13(6-2)9-7-8-10-13;1-4-9(2)11-5-7-12(8-6-11)14-10(3)13/h3-10H,1-2H3;5-10H2,1-4H3;5-9H,4H2,1-3H3. The van der Waals surface area contributed by atoms with Gasteiger partial charge in [-0.2, -0.15) is 0 Å². The lowest BCUT2D eigenvalue weighted by Crippen LogP contribution is -2.37. The molecule has 5 rings (SSSR count). The van der Waals surface area contributed by atoms with Crippen LogP contribution in [0.2, 0.25) is 0 Å². The van der Waals surface area contributed by atoms with E-state index in [-0.39, 0.29) is 23.0 Å². The van der Waals surface area contributed by atoms with Gasteiger partial charge in [0.1, 0.15) is 11.4 Å². The molecule has 1 fully saturated rings. The Morgan fingerprint density at radius 1 is 0.884 bits per heavy atom. The first kappa shape index (κ1) is 34.4. The fraction of sp³-hybridized carbons (Fsp3) is 0.538. The van der Waals surface area contributed by atoms with Crippen LogP contribution in [0.1, 0.15) is 142 Å². The second-order valence-electron chi connectivity index (χ2n) is 13.2. The van der Waals surface area contributed by atoms with E-state index in [2.05, 4.69) is 71.0 Å². The summed E-state index contributed by atoms with van der Waals surface area (Å²) in [6, 6.07) is 21.0. The average molecular weight is 587 g/mol. The molecule has 0 saturated heterocycles. The fourth-order valence-corrected chi connectivity index (χ4v) is 5.99. The van der Waals surface area contributed by atoms with Crippen molar-refractivity contribution in [2.45, 2.75) is 131 Å². The van der Waals surface area contributed by atoms with Crippen molar-refractivity contribution in [3.8, 4) is 5.75 Å². The molecule has 0 aliphatic heterocycles. The molecule has 3 aromatic rings. The number of benzene rings is 3. The van der Waals surface area contributed by atoms with Crippen LogP contribution >= 0.6 is 0 Å². The molecule has 0 spiro atoms. The van der Waals surface area contributed by atoms with Crippen LogP contribution in [0.15, 0.2) is 60.7 Å². The highest BCUT2D eigenvalue weighted by atomic mass is 16.6. The number of carbonyl (C=O) groups is 2. The smallest absolute Gasteiger partial charge is 0.312 e. The third kappa shape index (κ3) is 8.49. The van der Waals surface area contributed by atoms with Gasteiger partial charge in [0.25, 0.3) is 0 Å². The number of rotatable bonds is 7. The van der Waals surface area contributed by atoms with Crippen molar-refractivity contribution >= 4 is 22.7 Å². The lowest BCUT2D eigenvalue weighted by atomic mass is 9.89. The third-order valence-corrected chi connectivity index (χ3v) is 9.93. The highest BCUT2D eigenvalue weighted by Crippen LogP contribution is 2.45. The van der Waals surface area contributed by atoms with Gasteiger partial charge >= 0.3 is 11.9 Å². The summed E-state index contributed by atoms with van der Waals surface area (Å²) in [5.41, 5.74) is 3.88. The van der Waals surface area contributed by atoms with Crippen LogP contribution in [-0.4, -0.2) is 17.5 Å². The van der Waals surface area contributed by atoms with Crippen LogP contribution in [0.5, 0.6) is 5.75 Å². The summed E-state index contributed by atoms with van der Waals surface area (Å²) in [7, 11) is 0. The largest absolute Gasteiger partial charge is 0.459 e. The minimum Gasteiger partial charge on any atom is -0.459 e. The molecule has 0 aromatic heterocycles. The van der Waals surface area contributed by atoms with E-state index >= 15 is 0 Å². The Labute approximate surface area is 260 Å². The normalized spacial score (nSPS) is 19.0. The summed E-state index contributed by atoms with van der Waals surface area (Å²) >= 11 is 0. The van der Waals surface area contributed by atoms with Gasteiger partial charge in [0.2, 0.25) is 0 Å². The molecule has 0 bridgehead atoms. The molecule has 3 aromatic carbocycles. The molecule has 2 aliphatic rings. The second-order valence-corrected chi connectivity index (χ2v) is 13.2. The summed E-state index contributed by atoms with van der Waals surface area (Å²) in [6.45, 7) is 18.5. The first-order valence-electron chi connectivity index (χ1n) is 16.4. The summed E-state index contributed by atoms with van der Waals surface area (Å²) < 4.78 is 10.7. The number of hydrogen-bond acceptors (Lipinski definition) is 4. The molecular weight excluding hydrogens is 532 g/mol. The molecule has 3 unspecified atom stereocenters. The van der Waals surface area contributed by atoms with Crippen molar-refractivity contribution in [3.05, 3.63) is 77.4 Å². The molecule has 1 saturated carbocycles. The van der Waals surface area contributed by atoms with Crippen LogP contribution in [0.3, 0.4) is 0 Å². The number of carbonyl (C=O) groups excluding carboxylic acids is 2. The Bertz CT molecular complexity index is 1300. The zero-order valence-electron chi connectivity index (χ0n) is 28.1. The van der Waals surface area contributed by atoms with E-state index in [0.29, 0.717) is 23.5 Å². The maximum atomic E-state index is 12.0. The molecule has 4 heteroatoms. The van der Waals surface area contributed by atoms with Gasteiger partial charge in [-0.1, -0.05) is 90.1 Å². The lowest BCUT2D eigenvalue weighted by molar-refractivity contribution is -0.170. The number of hydrogen-bond donors (Lipinski definition) is 0. The maximum Gasteiger partial charge on any atom is 0.312 e. The molecule has 0 radical (unpaired) electrons. The van der Waals surface area contributed by atoms with Crippen molar-refractivity contribution in [2.75, 3.05) is 0 Å². The molecule has 0 heterocycles. The van der Waals surface area contributed by atoms with Crippen LogP contribution in [0.25, 0.3) is 10.8 Å². The van der Waals surface area contributed by atoms with Gasteiger partial charge in [0, 0.05) is 6.92 Å². The Morgan fingerprint density at radius 2 is 1.42 bits per heavy atom. The summed E-state index contributed by atoms with van der Waals surface area (Å²) in [4.78, 5) is 22.7. The molecule has 4 nitrogen and oxygen atoms in total. The molecule has 0 amide bonds. The highest BCUT2D eigenvalue weighted by molar-refractivity contribution is 5.92. The maximum absolute atomic E-state index is 12.0. The van der Waals surface area contributed by atoms with E-state index < -0.39 is 0 Å². The minimum absolute atomic E-state index is 0.0197. The van der Waals surface area contributed by atoms with Crippen molar-refractivity contribution in [3.63, 3.8) is 0 Å². The Kier molecular flexibility index (Phi) is 12.0. The highest BCUT2D eigenvalue weighted by Gasteiger charge is 2.39. The second kappa shape index (κ2) is 15.0.